The average Bonchev–Trinajstić information content (AvgIpc) is 3.07. The first-order chi connectivity index (χ1) is 14.0. The van der Waals surface area contributed by atoms with Gasteiger partial charge in [-0.1, -0.05) is 36.5 Å². The van der Waals surface area contributed by atoms with Crippen molar-refractivity contribution in [1.82, 2.24) is 4.98 Å². The molecule has 0 saturated heterocycles. The molecule has 3 aromatic rings. The fraction of sp³-hybridized carbons (Fsp3) is 0.417. The van der Waals surface area contributed by atoms with Crippen LogP contribution < -0.4 is 10.1 Å². The van der Waals surface area contributed by atoms with Crippen LogP contribution in [0, 0.1) is 6.92 Å². The van der Waals surface area contributed by atoms with Gasteiger partial charge in [0.2, 0.25) is 5.91 Å². The number of amides is 1. The van der Waals surface area contributed by atoms with Crippen LogP contribution in [0.5, 0.6) is 5.75 Å². The Morgan fingerprint density at radius 1 is 1.28 bits per heavy atom. The summed E-state index contributed by atoms with van der Waals surface area (Å²) < 4.78 is 7.50. The number of rotatable bonds is 4. The molecule has 0 bridgehead atoms. The van der Waals surface area contributed by atoms with Crippen LogP contribution in [-0.4, -0.2) is 16.5 Å². The first kappa shape index (κ1) is 18.6. The van der Waals surface area contributed by atoms with E-state index in [0.717, 1.165) is 41.6 Å². The minimum atomic E-state index is -0.0565. The molecule has 2 aliphatic rings. The van der Waals surface area contributed by atoms with E-state index in [2.05, 4.69) is 54.5 Å². The minimum Gasteiger partial charge on any atom is -0.487 e. The number of aryl methyl sites for hydroxylation is 2. The molecule has 5 heteroatoms. The smallest absolute Gasteiger partial charge is 0.226 e. The molecule has 150 valence electrons. The van der Waals surface area contributed by atoms with E-state index in [0.29, 0.717) is 11.6 Å². The van der Waals surface area contributed by atoms with Gasteiger partial charge in [0.05, 0.1) is 10.2 Å². The van der Waals surface area contributed by atoms with Crippen LogP contribution in [-0.2, 0) is 11.2 Å². The SMILES string of the molecule is CCc1ccc2c(c1)C(CC(=O)Nc1nc3ccc(C)cc3s1)CC1(CCC1)O2. The van der Waals surface area contributed by atoms with Crippen molar-refractivity contribution in [2.45, 2.75) is 63.9 Å². The molecule has 2 aromatic carbocycles. The number of thiazole rings is 1. The number of fused-ring (bicyclic) bond motifs is 2. The van der Waals surface area contributed by atoms with Gasteiger partial charge >= 0.3 is 0 Å². The zero-order valence-corrected chi connectivity index (χ0v) is 17.8. The van der Waals surface area contributed by atoms with Crippen molar-refractivity contribution in [2.24, 2.45) is 0 Å². The third-order valence-corrected chi connectivity index (χ3v) is 7.29. The van der Waals surface area contributed by atoms with Crippen LogP contribution in [0.1, 0.15) is 61.6 Å². The van der Waals surface area contributed by atoms with E-state index in [-0.39, 0.29) is 17.4 Å². The topological polar surface area (TPSA) is 51.2 Å². The van der Waals surface area contributed by atoms with Crippen LogP contribution in [0.15, 0.2) is 36.4 Å². The molecule has 1 aliphatic carbocycles. The maximum Gasteiger partial charge on any atom is 0.226 e. The first-order valence-corrected chi connectivity index (χ1v) is 11.3. The molecule has 5 rings (SSSR count). The highest BCUT2D eigenvalue weighted by atomic mass is 32.1. The van der Waals surface area contributed by atoms with Gasteiger partial charge in [-0.3, -0.25) is 4.79 Å². The Kier molecular flexibility index (Phi) is 4.58. The van der Waals surface area contributed by atoms with Crippen LogP contribution >= 0.6 is 11.3 Å². The van der Waals surface area contributed by atoms with Crippen molar-refractivity contribution in [1.29, 1.82) is 0 Å². The molecule has 0 radical (unpaired) electrons. The molecule has 1 unspecified atom stereocenters. The van der Waals surface area contributed by atoms with Crippen LogP contribution in [0.25, 0.3) is 10.2 Å². The largest absolute Gasteiger partial charge is 0.487 e. The van der Waals surface area contributed by atoms with Gasteiger partial charge in [0.15, 0.2) is 5.13 Å². The van der Waals surface area contributed by atoms with Crippen molar-refractivity contribution >= 4 is 32.6 Å². The lowest BCUT2D eigenvalue weighted by atomic mass is 9.70. The van der Waals surface area contributed by atoms with E-state index >= 15 is 0 Å². The zero-order valence-electron chi connectivity index (χ0n) is 17.0. The number of ether oxygens (including phenoxy) is 1. The van der Waals surface area contributed by atoms with Crippen molar-refractivity contribution < 1.29 is 9.53 Å². The van der Waals surface area contributed by atoms with E-state index in [9.17, 15) is 4.79 Å². The summed E-state index contributed by atoms with van der Waals surface area (Å²) >= 11 is 1.54. The molecular weight excluding hydrogens is 380 g/mol. The summed E-state index contributed by atoms with van der Waals surface area (Å²) in [4.78, 5) is 17.5. The lowest BCUT2D eigenvalue weighted by molar-refractivity contribution is -0.117. The molecule has 1 saturated carbocycles. The average molecular weight is 407 g/mol. The minimum absolute atomic E-state index is 0.0370. The summed E-state index contributed by atoms with van der Waals surface area (Å²) in [6, 6.07) is 12.7. The van der Waals surface area contributed by atoms with E-state index in [1.807, 2.05) is 6.07 Å². The summed E-state index contributed by atoms with van der Waals surface area (Å²) in [6.45, 7) is 4.23. The Morgan fingerprint density at radius 2 is 2.14 bits per heavy atom. The van der Waals surface area contributed by atoms with Gasteiger partial charge in [-0.2, -0.15) is 0 Å². The molecule has 1 aromatic heterocycles. The summed E-state index contributed by atoms with van der Waals surface area (Å²) in [5.74, 6) is 1.21. The number of hydrogen-bond donors (Lipinski definition) is 1. The molecule has 1 amide bonds. The van der Waals surface area contributed by atoms with Gasteiger partial charge in [-0.05, 0) is 73.9 Å². The summed E-state index contributed by atoms with van der Waals surface area (Å²) in [7, 11) is 0. The molecule has 1 atom stereocenters. The third kappa shape index (κ3) is 3.52. The molecule has 29 heavy (non-hydrogen) atoms. The number of carbonyl (C=O) groups excluding carboxylic acids is 1. The van der Waals surface area contributed by atoms with Gasteiger partial charge in [-0.15, -0.1) is 0 Å². The summed E-state index contributed by atoms with van der Waals surface area (Å²) in [5.41, 5.74) is 4.57. The molecule has 1 spiro atoms. The summed E-state index contributed by atoms with van der Waals surface area (Å²) in [6.07, 6.45) is 5.79. The number of nitrogens with one attached hydrogen (secondary N) is 1. The lowest BCUT2D eigenvalue weighted by Gasteiger charge is -2.48. The second kappa shape index (κ2) is 7.13. The molecule has 2 heterocycles. The van der Waals surface area contributed by atoms with Gasteiger partial charge in [0.1, 0.15) is 11.4 Å². The van der Waals surface area contributed by atoms with Crippen LogP contribution in [0.2, 0.25) is 0 Å². The van der Waals surface area contributed by atoms with E-state index in [1.165, 1.54) is 23.1 Å². The monoisotopic (exact) mass is 406 g/mol. The third-order valence-electron chi connectivity index (χ3n) is 6.35. The van der Waals surface area contributed by atoms with Gasteiger partial charge in [0, 0.05) is 12.3 Å². The van der Waals surface area contributed by atoms with Crippen molar-refractivity contribution in [3.05, 3.63) is 53.1 Å². The van der Waals surface area contributed by atoms with Gasteiger partial charge in [0.25, 0.3) is 0 Å². The predicted octanol–water partition coefficient (Wildman–Crippen LogP) is 5.98. The highest BCUT2D eigenvalue weighted by Gasteiger charge is 2.45. The Hall–Kier alpha value is -2.40. The molecule has 1 aliphatic heterocycles. The fourth-order valence-electron chi connectivity index (χ4n) is 4.60. The Labute approximate surface area is 175 Å². The quantitative estimate of drug-likeness (QED) is 0.579. The van der Waals surface area contributed by atoms with Crippen molar-refractivity contribution in [2.75, 3.05) is 5.32 Å². The number of carbonyl (C=O) groups is 1. The van der Waals surface area contributed by atoms with Gasteiger partial charge in [-0.25, -0.2) is 4.98 Å². The Bertz CT molecular complexity index is 1080. The highest BCUT2D eigenvalue weighted by molar-refractivity contribution is 7.22. The normalized spacial score (nSPS) is 19.4. The summed E-state index contributed by atoms with van der Waals surface area (Å²) in [5, 5.41) is 3.73. The van der Waals surface area contributed by atoms with Crippen LogP contribution in [0.3, 0.4) is 0 Å². The Morgan fingerprint density at radius 3 is 2.90 bits per heavy atom. The second-order valence-electron chi connectivity index (χ2n) is 8.51. The van der Waals surface area contributed by atoms with E-state index in [1.54, 1.807) is 11.3 Å². The lowest BCUT2D eigenvalue weighted by Crippen LogP contribution is -2.47. The zero-order chi connectivity index (χ0) is 20.0. The fourth-order valence-corrected chi connectivity index (χ4v) is 5.58. The number of hydrogen-bond acceptors (Lipinski definition) is 4. The number of nitrogens with zero attached hydrogens (tertiary/aromatic N) is 1. The maximum absolute atomic E-state index is 12.9. The molecular formula is C24H26N2O2S. The predicted molar refractivity (Wildman–Crippen MR) is 118 cm³/mol. The number of aromatic nitrogens is 1. The van der Waals surface area contributed by atoms with E-state index in [4.69, 9.17) is 4.74 Å². The maximum atomic E-state index is 12.9. The van der Waals surface area contributed by atoms with E-state index < -0.39 is 0 Å². The number of benzene rings is 2. The van der Waals surface area contributed by atoms with Crippen molar-refractivity contribution in [3.8, 4) is 5.75 Å². The standard InChI is InChI=1S/C24H26N2O2S/c1-3-16-6-8-20-18(12-16)17(14-24(28-20)9-4-10-24)13-22(27)26-23-25-19-7-5-15(2)11-21(19)29-23/h5-8,11-12,17H,3-4,9-10,13-14H2,1-2H3,(H,25,26,27). The highest BCUT2D eigenvalue weighted by Crippen LogP contribution is 2.50. The molecule has 1 N–H and O–H groups in total. The first-order valence-electron chi connectivity index (χ1n) is 10.5. The molecule has 1 fully saturated rings. The number of anilines is 1. The van der Waals surface area contributed by atoms with Crippen LogP contribution in [0.4, 0.5) is 5.13 Å². The van der Waals surface area contributed by atoms with Gasteiger partial charge < -0.3 is 10.1 Å². The second-order valence-corrected chi connectivity index (χ2v) is 9.54. The molecule has 4 nitrogen and oxygen atoms in total. The Balaban J connectivity index is 1.37. The van der Waals surface area contributed by atoms with Crippen molar-refractivity contribution in [3.63, 3.8) is 0 Å².